The number of hydrogen-bond acceptors (Lipinski definition) is 5. The monoisotopic (exact) mass is 303 g/mol. The summed E-state index contributed by atoms with van der Waals surface area (Å²) in [4.78, 5) is 8.59. The topological polar surface area (TPSA) is 53.5 Å². The van der Waals surface area contributed by atoms with Crippen LogP contribution in [0.15, 0.2) is 18.3 Å². The number of rotatable bonds is 4. The lowest BCUT2D eigenvalue weighted by molar-refractivity contribution is 0.271. The second-order valence-corrected chi connectivity index (χ2v) is 7.43. The van der Waals surface area contributed by atoms with Crippen molar-refractivity contribution in [2.75, 3.05) is 49.6 Å². The maximum absolute atomic E-state index is 11.1. The number of aromatic nitrogens is 1. The second kappa shape index (κ2) is 6.07. The van der Waals surface area contributed by atoms with Gasteiger partial charge < -0.3 is 4.90 Å². The molecule has 0 aromatic carbocycles. The molecule has 0 N–H and O–H groups in total. The normalized spacial score (nSPS) is 17.7. The zero-order valence-corrected chi connectivity index (χ0v) is 12.5. The van der Waals surface area contributed by atoms with Crippen LogP contribution in [0.5, 0.6) is 0 Å². The second-order valence-electron chi connectivity index (χ2n) is 4.77. The number of anilines is 1. The largest absolute Gasteiger partial charge is 0.353 e. The molecule has 2 rings (SSSR count). The van der Waals surface area contributed by atoms with Crippen LogP contribution in [0.4, 0.5) is 5.82 Å². The van der Waals surface area contributed by atoms with E-state index in [4.69, 9.17) is 11.6 Å². The Morgan fingerprint density at radius 2 is 2.00 bits per heavy atom. The van der Waals surface area contributed by atoms with Crippen molar-refractivity contribution in [2.24, 2.45) is 0 Å². The van der Waals surface area contributed by atoms with E-state index in [9.17, 15) is 8.42 Å². The van der Waals surface area contributed by atoms with Crippen LogP contribution in [0, 0.1) is 0 Å². The van der Waals surface area contributed by atoms with Gasteiger partial charge in [-0.1, -0.05) is 11.6 Å². The number of halogens is 1. The summed E-state index contributed by atoms with van der Waals surface area (Å²) in [6.45, 7) is 3.91. The van der Waals surface area contributed by atoms with Gasteiger partial charge in [0, 0.05) is 45.2 Å². The number of nitrogens with zero attached hydrogens (tertiary/aromatic N) is 3. The van der Waals surface area contributed by atoms with Gasteiger partial charge in [-0.3, -0.25) is 4.90 Å². The van der Waals surface area contributed by atoms with Crippen LogP contribution in [0.25, 0.3) is 0 Å². The zero-order valence-electron chi connectivity index (χ0n) is 10.9. The molecule has 0 spiro atoms. The summed E-state index contributed by atoms with van der Waals surface area (Å²) < 4.78 is 22.3. The molecule has 0 bridgehead atoms. The molecule has 0 atom stereocenters. The SMILES string of the molecule is CS(=O)(=O)CCN1CCN(c2ncccc2Cl)CC1. The molecule has 0 unspecified atom stereocenters. The minimum absolute atomic E-state index is 0.220. The summed E-state index contributed by atoms with van der Waals surface area (Å²) in [5.41, 5.74) is 0. The number of pyridine rings is 1. The maximum atomic E-state index is 11.1. The van der Waals surface area contributed by atoms with E-state index in [0.717, 1.165) is 32.0 Å². The smallest absolute Gasteiger partial charge is 0.148 e. The lowest BCUT2D eigenvalue weighted by atomic mass is 10.3. The minimum Gasteiger partial charge on any atom is -0.353 e. The van der Waals surface area contributed by atoms with Gasteiger partial charge in [-0.25, -0.2) is 13.4 Å². The van der Waals surface area contributed by atoms with Gasteiger partial charge in [0.1, 0.15) is 15.7 Å². The first-order chi connectivity index (χ1) is 8.96. The third-order valence-corrected chi connectivity index (χ3v) is 4.41. The molecule has 1 aliphatic rings. The molecule has 7 heteroatoms. The molecule has 0 radical (unpaired) electrons. The predicted molar refractivity (Wildman–Crippen MR) is 77.6 cm³/mol. The van der Waals surface area contributed by atoms with Crippen molar-refractivity contribution in [2.45, 2.75) is 0 Å². The highest BCUT2D eigenvalue weighted by atomic mass is 35.5. The number of sulfone groups is 1. The Kier molecular flexibility index (Phi) is 4.65. The fourth-order valence-electron chi connectivity index (χ4n) is 2.09. The highest BCUT2D eigenvalue weighted by molar-refractivity contribution is 7.90. The van der Waals surface area contributed by atoms with E-state index < -0.39 is 9.84 Å². The third kappa shape index (κ3) is 4.33. The van der Waals surface area contributed by atoms with Gasteiger partial charge in [0.05, 0.1) is 10.8 Å². The average molecular weight is 304 g/mol. The van der Waals surface area contributed by atoms with Crippen molar-refractivity contribution >= 4 is 27.3 Å². The molecule has 5 nitrogen and oxygen atoms in total. The van der Waals surface area contributed by atoms with Gasteiger partial charge >= 0.3 is 0 Å². The van der Waals surface area contributed by atoms with Crippen molar-refractivity contribution in [3.8, 4) is 0 Å². The molecule has 1 fully saturated rings. The molecule has 1 aromatic heterocycles. The highest BCUT2D eigenvalue weighted by Gasteiger charge is 2.20. The zero-order chi connectivity index (χ0) is 13.9. The first kappa shape index (κ1) is 14.6. The van der Waals surface area contributed by atoms with E-state index in [1.54, 1.807) is 6.20 Å². The Balaban J connectivity index is 1.88. The molecule has 0 aliphatic carbocycles. The maximum Gasteiger partial charge on any atom is 0.148 e. The summed E-state index contributed by atoms with van der Waals surface area (Å²) in [5.74, 6) is 1.03. The van der Waals surface area contributed by atoms with Gasteiger partial charge in [0.2, 0.25) is 0 Å². The van der Waals surface area contributed by atoms with E-state index in [1.165, 1.54) is 6.26 Å². The summed E-state index contributed by atoms with van der Waals surface area (Å²) in [5, 5.41) is 0.659. The van der Waals surface area contributed by atoms with Crippen molar-refractivity contribution < 1.29 is 8.42 Å². The molecule has 106 valence electrons. The lowest BCUT2D eigenvalue weighted by Gasteiger charge is -2.35. The Morgan fingerprint density at radius 1 is 1.32 bits per heavy atom. The number of hydrogen-bond donors (Lipinski definition) is 0. The van der Waals surface area contributed by atoms with E-state index in [-0.39, 0.29) is 5.75 Å². The standard InChI is InChI=1S/C12H18ClN3O2S/c1-19(17,18)10-9-15-5-7-16(8-6-15)12-11(13)3-2-4-14-12/h2-4H,5-10H2,1H3. The summed E-state index contributed by atoms with van der Waals surface area (Å²) >= 11 is 6.12. The van der Waals surface area contributed by atoms with E-state index in [2.05, 4.69) is 14.8 Å². The Labute approximate surface area is 119 Å². The van der Waals surface area contributed by atoms with E-state index >= 15 is 0 Å². The lowest BCUT2D eigenvalue weighted by Crippen LogP contribution is -2.48. The van der Waals surface area contributed by atoms with Crippen LogP contribution in [0.1, 0.15) is 0 Å². The quantitative estimate of drug-likeness (QED) is 0.827. The molecule has 0 amide bonds. The van der Waals surface area contributed by atoms with Gasteiger partial charge in [-0.15, -0.1) is 0 Å². The van der Waals surface area contributed by atoms with Crippen LogP contribution in [0.2, 0.25) is 5.02 Å². The molecule has 1 saturated heterocycles. The third-order valence-electron chi connectivity index (χ3n) is 3.19. The fraction of sp³-hybridized carbons (Fsp3) is 0.583. The summed E-state index contributed by atoms with van der Waals surface area (Å²) in [6, 6.07) is 3.65. The van der Waals surface area contributed by atoms with Crippen LogP contribution >= 0.6 is 11.6 Å². The van der Waals surface area contributed by atoms with Gasteiger partial charge in [-0.05, 0) is 12.1 Å². The van der Waals surface area contributed by atoms with E-state index in [0.29, 0.717) is 11.6 Å². The summed E-state index contributed by atoms with van der Waals surface area (Å²) in [6.07, 6.45) is 3.01. The number of piperazine rings is 1. The molecule has 0 saturated carbocycles. The Morgan fingerprint density at radius 3 is 2.58 bits per heavy atom. The molecule has 19 heavy (non-hydrogen) atoms. The Hall–Kier alpha value is -0.850. The van der Waals surface area contributed by atoms with Gasteiger partial charge in [-0.2, -0.15) is 0 Å². The van der Waals surface area contributed by atoms with Gasteiger partial charge in [0.25, 0.3) is 0 Å². The predicted octanol–water partition coefficient (Wildman–Crippen LogP) is 0.902. The highest BCUT2D eigenvalue weighted by Crippen LogP contribution is 2.23. The minimum atomic E-state index is -2.88. The van der Waals surface area contributed by atoms with Crippen molar-refractivity contribution in [1.82, 2.24) is 9.88 Å². The van der Waals surface area contributed by atoms with Crippen molar-refractivity contribution in [3.05, 3.63) is 23.4 Å². The van der Waals surface area contributed by atoms with Crippen LogP contribution in [-0.4, -0.2) is 63.0 Å². The van der Waals surface area contributed by atoms with Gasteiger partial charge in [0.15, 0.2) is 0 Å². The average Bonchev–Trinajstić information content (AvgIpc) is 2.37. The fourth-order valence-corrected chi connectivity index (χ4v) is 2.92. The molecule has 2 heterocycles. The van der Waals surface area contributed by atoms with Crippen LogP contribution < -0.4 is 4.90 Å². The molecule has 1 aliphatic heterocycles. The molecular weight excluding hydrogens is 286 g/mol. The Bertz CT molecular complexity index is 528. The van der Waals surface area contributed by atoms with Crippen molar-refractivity contribution in [1.29, 1.82) is 0 Å². The molecule has 1 aromatic rings. The summed E-state index contributed by atoms with van der Waals surface area (Å²) in [7, 11) is -2.88. The van der Waals surface area contributed by atoms with Crippen molar-refractivity contribution in [3.63, 3.8) is 0 Å². The molecular formula is C12H18ClN3O2S. The van der Waals surface area contributed by atoms with Crippen LogP contribution in [-0.2, 0) is 9.84 Å². The van der Waals surface area contributed by atoms with Crippen LogP contribution in [0.3, 0.4) is 0 Å². The van der Waals surface area contributed by atoms with E-state index in [1.807, 2.05) is 12.1 Å². The first-order valence-electron chi connectivity index (χ1n) is 6.21. The first-order valence-corrected chi connectivity index (χ1v) is 8.65.